The highest BCUT2D eigenvalue weighted by Crippen LogP contribution is 2.23. The van der Waals surface area contributed by atoms with E-state index in [2.05, 4.69) is 10.9 Å². The van der Waals surface area contributed by atoms with E-state index in [1.165, 1.54) is 11.3 Å². The lowest BCUT2D eigenvalue weighted by molar-refractivity contribution is -0.118. The van der Waals surface area contributed by atoms with E-state index in [9.17, 15) is 14.4 Å². The Morgan fingerprint density at radius 3 is 2.46 bits per heavy atom. The van der Waals surface area contributed by atoms with Gasteiger partial charge in [-0.2, -0.15) is 4.99 Å². The number of nitrogens with zero attached hydrogens (tertiary/aromatic N) is 3. The molecule has 3 aromatic rings. The minimum absolute atomic E-state index is 0.223. The summed E-state index contributed by atoms with van der Waals surface area (Å²) in [6.45, 7) is -0.210. The van der Waals surface area contributed by atoms with Crippen LogP contribution in [0.4, 0.5) is 0 Å². The van der Waals surface area contributed by atoms with E-state index in [0.717, 1.165) is 15.1 Å². The van der Waals surface area contributed by atoms with Gasteiger partial charge in [0.15, 0.2) is 4.80 Å². The van der Waals surface area contributed by atoms with Crippen LogP contribution in [0, 0.1) is 12.3 Å². The van der Waals surface area contributed by atoms with Crippen molar-refractivity contribution in [1.82, 2.24) is 9.47 Å². The van der Waals surface area contributed by atoms with Gasteiger partial charge in [0.05, 0.1) is 27.9 Å². The van der Waals surface area contributed by atoms with Crippen LogP contribution >= 0.6 is 22.9 Å². The molecule has 3 amide bonds. The van der Waals surface area contributed by atoms with Gasteiger partial charge in [0, 0.05) is 5.02 Å². The summed E-state index contributed by atoms with van der Waals surface area (Å²) in [4.78, 5) is 42.7. The molecule has 138 valence electrons. The Morgan fingerprint density at radius 1 is 1.14 bits per heavy atom. The van der Waals surface area contributed by atoms with Crippen LogP contribution in [0.3, 0.4) is 0 Å². The lowest BCUT2D eigenvalue weighted by Crippen LogP contribution is -2.35. The van der Waals surface area contributed by atoms with Crippen molar-refractivity contribution >= 4 is 50.9 Å². The minimum atomic E-state index is -0.613. The first kappa shape index (κ1) is 18.2. The second kappa shape index (κ2) is 7.08. The quantitative estimate of drug-likeness (QED) is 0.493. The second-order valence-corrected chi connectivity index (χ2v) is 7.48. The van der Waals surface area contributed by atoms with Crippen molar-refractivity contribution in [1.29, 1.82) is 0 Å². The number of carbonyl (C=O) groups excluding carboxylic acids is 3. The molecule has 1 aliphatic heterocycles. The highest BCUT2D eigenvalue weighted by atomic mass is 35.5. The Hall–Kier alpha value is -3.21. The Morgan fingerprint density at radius 2 is 1.82 bits per heavy atom. The molecule has 1 aliphatic rings. The molecule has 2 aromatic carbocycles. The van der Waals surface area contributed by atoms with Crippen molar-refractivity contribution in [2.45, 2.75) is 6.54 Å². The first-order valence-electron chi connectivity index (χ1n) is 8.24. The molecule has 0 saturated carbocycles. The molecule has 0 bridgehead atoms. The van der Waals surface area contributed by atoms with Gasteiger partial charge in [-0.15, -0.1) is 6.42 Å². The fourth-order valence-electron chi connectivity index (χ4n) is 3.04. The van der Waals surface area contributed by atoms with E-state index >= 15 is 0 Å². The van der Waals surface area contributed by atoms with Crippen molar-refractivity contribution in [3.05, 3.63) is 63.4 Å². The van der Waals surface area contributed by atoms with Crippen LogP contribution in [0.5, 0.6) is 0 Å². The zero-order valence-corrected chi connectivity index (χ0v) is 16.0. The molecule has 6 nitrogen and oxygen atoms in total. The highest BCUT2D eigenvalue weighted by molar-refractivity contribution is 7.16. The molecule has 1 aromatic heterocycles. The third-order valence-electron chi connectivity index (χ3n) is 4.29. The number of carbonyl (C=O) groups is 3. The molecule has 0 radical (unpaired) electrons. The Balaban J connectivity index is 1.68. The predicted octanol–water partition coefficient (Wildman–Crippen LogP) is 2.71. The van der Waals surface area contributed by atoms with Gasteiger partial charge in [-0.1, -0.05) is 41.0 Å². The first-order chi connectivity index (χ1) is 13.5. The number of halogens is 1. The van der Waals surface area contributed by atoms with E-state index in [-0.39, 0.29) is 6.54 Å². The average molecular weight is 410 g/mol. The number of fused-ring (bicyclic) bond motifs is 2. The van der Waals surface area contributed by atoms with Gasteiger partial charge < -0.3 is 4.57 Å². The summed E-state index contributed by atoms with van der Waals surface area (Å²) in [7, 11) is 0. The zero-order chi connectivity index (χ0) is 19.8. The summed E-state index contributed by atoms with van der Waals surface area (Å²) in [5.74, 6) is 0.930. The normalized spacial score (nSPS) is 13.9. The van der Waals surface area contributed by atoms with E-state index < -0.39 is 24.3 Å². The number of hydrogen-bond donors (Lipinski definition) is 0. The van der Waals surface area contributed by atoms with Crippen LogP contribution < -0.4 is 4.80 Å². The number of imide groups is 1. The molecule has 0 spiro atoms. The fraction of sp³-hybridized carbons (Fsp3) is 0.100. The Labute approximate surface area is 168 Å². The van der Waals surface area contributed by atoms with Gasteiger partial charge in [-0.25, -0.2) is 0 Å². The Kier molecular flexibility index (Phi) is 4.59. The lowest BCUT2D eigenvalue weighted by Gasteiger charge is -2.10. The smallest absolute Gasteiger partial charge is 0.268 e. The molecular formula is C20H12ClN3O3S. The van der Waals surface area contributed by atoms with Crippen molar-refractivity contribution < 1.29 is 14.4 Å². The molecule has 0 N–H and O–H groups in total. The van der Waals surface area contributed by atoms with E-state index in [0.29, 0.717) is 21.0 Å². The summed E-state index contributed by atoms with van der Waals surface area (Å²) in [6.07, 6.45) is 5.44. The van der Waals surface area contributed by atoms with Gasteiger partial charge >= 0.3 is 0 Å². The van der Waals surface area contributed by atoms with Crippen LogP contribution in [-0.4, -0.2) is 33.7 Å². The van der Waals surface area contributed by atoms with Crippen molar-refractivity contribution in [3.8, 4) is 12.3 Å². The van der Waals surface area contributed by atoms with Crippen molar-refractivity contribution in [2.75, 3.05) is 6.54 Å². The van der Waals surface area contributed by atoms with Gasteiger partial charge in [-0.3, -0.25) is 19.3 Å². The maximum absolute atomic E-state index is 12.5. The van der Waals surface area contributed by atoms with Gasteiger partial charge in [-0.05, 0) is 30.3 Å². The third-order valence-corrected chi connectivity index (χ3v) is 5.56. The van der Waals surface area contributed by atoms with Crippen LogP contribution in [0.1, 0.15) is 20.7 Å². The lowest BCUT2D eigenvalue weighted by atomic mass is 10.1. The maximum Gasteiger partial charge on any atom is 0.268 e. The van der Waals surface area contributed by atoms with Crippen LogP contribution in [0.15, 0.2) is 47.5 Å². The number of aromatic nitrogens is 1. The van der Waals surface area contributed by atoms with E-state index in [4.69, 9.17) is 18.0 Å². The predicted molar refractivity (Wildman–Crippen MR) is 106 cm³/mol. The summed E-state index contributed by atoms with van der Waals surface area (Å²) >= 11 is 7.29. The van der Waals surface area contributed by atoms with Crippen LogP contribution in [0.25, 0.3) is 10.2 Å². The molecule has 0 fully saturated rings. The summed E-state index contributed by atoms with van der Waals surface area (Å²) < 4.78 is 2.55. The molecule has 2 heterocycles. The third kappa shape index (κ3) is 3.03. The molecule has 8 heteroatoms. The summed E-state index contributed by atoms with van der Waals surface area (Å²) in [5.41, 5.74) is 1.39. The van der Waals surface area contributed by atoms with Crippen molar-refractivity contribution in [3.63, 3.8) is 0 Å². The average Bonchev–Trinajstić information content (AvgIpc) is 3.12. The summed E-state index contributed by atoms with van der Waals surface area (Å²) in [5, 5.41) is 0.561. The summed E-state index contributed by atoms with van der Waals surface area (Å²) in [6, 6.07) is 11.8. The standard InChI is InChI=1S/C20H12ClN3O3S/c1-2-9-23-15-8-7-12(21)10-16(15)28-20(23)22-17(25)11-24-18(26)13-5-3-4-6-14(13)19(24)27/h1,3-8,10H,9,11H2. The van der Waals surface area contributed by atoms with E-state index in [1.54, 1.807) is 47.0 Å². The molecule has 0 unspecified atom stereocenters. The largest absolute Gasteiger partial charge is 0.305 e. The van der Waals surface area contributed by atoms with Crippen molar-refractivity contribution in [2.24, 2.45) is 4.99 Å². The molecule has 28 heavy (non-hydrogen) atoms. The molecule has 4 rings (SSSR count). The fourth-order valence-corrected chi connectivity index (χ4v) is 4.36. The number of thiazole rings is 1. The van der Waals surface area contributed by atoms with Gasteiger partial charge in [0.1, 0.15) is 6.54 Å². The zero-order valence-electron chi connectivity index (χ0n) is 14.4. The topological polar surface area (TPSA) is 71.7 Å². The highest BCUT2D eigenvalue weighted by Gasteiger charge is 2.36. The Bertz CT molecular complexity index is 1230. The molecule has 0 aliphatic carbocycles. The number of amides is 3. The number of benzene rings is 2. The minimum Gasteiger partial charge on any atom is -0.305 e. The number of hydrogen-bond acceptors (Lipinski definition) is 4. The monoisotopic (exact) mass is 409 g/mol. The first-order valence-corrected chi connectivity index (χ1v) is 9.44. The molecular weight excluding hydrogens is 398 g/mol. The number of terminal acetylenes is 1. The maximum atomic E-state index is 12.5. The number of rotatable bonds is 3. The van der Waals surface area contributed by atoms with Gasteiger partial charge in [0.25, 0.3) is 17.7 Å². The van der Waals surface area contributed by atoms with Crippen LogP contribution in [-0.2, 0) is 11.3 Å². The molecule has 0 atom stereocenters. The van der Waals surface area contributed by atoms with E-state index in [1.807, 2.05) is 0 Å². The SMILES string of the molecule is C#CCn1c(=NC(=O)CN2C(=O)c3ccccc3C2=O)sc2cc(Cl)ccc21. The van der Waals surface area contributed by atoms with Gasteiger partial charge in [0.2, 0.25) is 0 Å². The van der Waals surface area contributed by atoms with Crippen LogP contribution in [0.2, 0.25) is 5.02 Å². The molecule has 0 saturated heterocycles. The second-order valence-electron chi connectivity index (χ2n) is 6.03.